The van der Waals surface area contributed by atoms with Crippen molar-refractivity contribution in [3.05, 3.63) is 0 Å². The molecule has 0 bridgehead atoms. The van der Waals surface area contributed by atoms with Gasteiger partial charge in [0.25, 0.3) is 0 Å². The molecule has 38 heavy (non-hydrogen) atoms. The predicted octanol–water partition coefficient (Wildman–Crippen LogP) is 12.9. The minimum atomic E-state index is 0.105. The van der Waals surface area contributed by atoms with Crippen LogP contribution in [0.4, 0.5) is 0 Å². The molecule has 0 radical (unpaired) electrons. The summed E-state index contributed by atoms with van der Waals surface area (Å²) in [5, 5.41) is 0. The molecule has 2 nitrogen and oxygen atoms in total. The van der Waals surface area contributed by atoms with Gasteiger partial charge in [-0.2, -0.15) is 0 Å². The SMILES string of the molecule is CCCCCCCCCCCCCCC(CC)C(=O)OC(CCCCCCC)CCCCCCCCCC. The fourth-order valence-corrected chi connectivity index (χ4v) is 5.72. The summed E-state index contributed by atoms with van der Waals surface area (Å²) in [6.07, 6.45) is 37.8. The molecule has 0 aromatic rings. The van der Waals surface area contributed by atoms with E-state index in [9.17, 15) is 4.79 Å². The standard InChI is InChI=1S/C36H72O2/c1-5-9-12-15-17-19-20-21-22-23-26-28-31-34(8-4)36(37)38-35(32-29-25-14-11-7-3)33-30-27-24-18-16-13-10-6-2/h34-35H,5-33H2,1-4H3. The molecule has 0 fully saturated rings. The first-order valence-electron chi connectivity index (χ1n) is 17.9. The number of hydrogen-bond donors (Lipinski definition) is 0. The van der Waals surface area contributed by atoms with Gasteiger partial charge in [-0.3, -0.25) is 4.79 Å². The summed E-state index contributed by atoms with van der Waals surface area (Å²) in [7, 11) is 0. The van der Waals surface area contributed by atoms with Gasteiger partial charge in [-0.05, 0) is 38.5 Å². The number of unbranched alkanes of at least 4 members (excludes halogenated alkanes) is 22. The van der Waals surface area contributed by atoms with Crippen LogP contribution < -0.4 is 0 Å². The summed E-state index contributed by atoms with van der Waals surface area (Å²) in [6, 6.07) is 0. The highest BCUT2D eigenvalue weighted by Crippen LogP contribution is 2.22. The van der Waals surface area contributed by atoms with E-state index >= 15 is 0 Å². The lowest BCUT2D eigenvalue weighted by atomic mass is 9.97. The minimum absolute atomic E-state index is 0.105. The molecule has 2 unspecified atom stereocenters. The van der Waals surface area contributed by atoms with Crippen LogP contribution in [0.2, 0.25) is 0 Å². The van der Waals surface area contributed by atoms with Crippen LogP contribution in [0, 0.1) is 5.92 Å². The summed E-state index contributed by atoms with van der Waals surface area (Å²) < 4.78 is 6.19. The van der Waals surface area contributed by atoms with Crippen molar-refractivity contribution in [3.63, 3.8) is 0 Å². The van der Waals surface area contributed by atoms with Crippen molar-refractivity contribution < 1.29 is 9.53 Å². The monoisotopic (exact) mass is 537 g/mol. The summed E-state index contributed by atoms with van der Waals surface area (Å²) in [5.41, 5.74) is 0. The van der Waals surface area contributed by atoms with Gasteiger partial charge < -0.3 is 4.74 Å². The van der Waals surface area contributed by atoms with E-state index in [2.05, 4.69) is 27.7 Å². The van der Waals surface area contributed by atoms with E-state index in [1.807, 2.05) is 0 Å². The van der Waals surface area contributed by atoms with Crippen LogP contribution in [0.1, 0.15) is 214 Å². The maximum atomic E-state index is 13.1. The summed E-state index contributed by atoms with van der Waals surface area (Å²) in [4.78, 5) is 13.1. The summed E-state index contributed by atoms with van der Waals surface area (Å²) >= 11 is 0. The van der Waals surface area contributed by atoms with Crippen LogP contribution in [0.15, 0.2) is 0 Å². The summed E-state index contributed by atoms with van der Waals surface area (Å²) in [5.74, 6) is 0.216. The maximum Gasteiger partial charge on any atom is 0.309 e. The van der Waals surface area contributed by atoms with Gasteiger partial charge in [-0.1, -0.05) is 175 Å². The Balaban J connectivity index is 4.15. The van der Waals surface area contributed by atoms with Crippen LogP contribution in [0.5, 0.6) is 0 Å². The molecule has 2 atom stereocenters. The van der Waals surface area contributed by atoms with Crippen LogP contribution >= 0.6 is 0 Å². The van der Waals surface area contributed by atoms with Crippen molar-refractivity contribution in [1.82, 2.24) is 0 Å². The predicted molar refractivity (Wildman–Crippen MR) is 170 cm³/mol. The molecule has 2 heteroatoms. The fraction of sp³-hybridized carbons (Fsp3) is 0.972. The molecule has 228 valence electrons. The Kier molecular flexibility index (Phi) is 30.6. The van der Waals surface area contributed by atoms with E-state index in [1.54, 1.807) is 0 Å². The summed E-state index contributed by atoms with van der Waals surface area (Å²) in [6.45, 7) is 9.02. The molecule has 0 aliphatic carbocycles. The van der Waals surface area contributed by atoms with Crippen LogP contribution in [-0.2, 0) is 9.53 Å². The number of rotatable bonds is 31. The number of hydrogen-bond acceptors (Lipinski definition) is 2. The molecule has 0 aliphatic rings. The van der Waals surface area contributed by atoms with Crippen molar-refractivity contribution in [1.29, 1.82) is 0 Å². The van der Waals surface area contributed by atoms with Gasteiger partial charge in [0, 0.05) is 0 Å². The number of carbonyl (C=O) groups is 1. The van der Waals surface area contributed by atoms with Crippen molar-refractivity contribution in [3.8, 4) is 0 Å². The van der Waals surface area contributed by atoms with Gasteiger partial charge in [0.1, 0.15) is 6.10 Å². The maximum absolute atomic E-state index is 13.1. The number of carbonyl (C=O) groups excluding carboxylic acids is 1. The average Bonchev–Trinajstić information content (AvgIpc) is 2.92. The zero-order chi connectivity index (χ0) is 27.9. The van der Waals surface area contributed by atoms with Gasteiger partial charge in [0.05, 0.1) is 5.92 Å². The molecule has 0 aromatic carbocycles. The lowest BCUT2D eigenvalue weighted by Crippen LogP contribution is -2.24. The molecule has 0 heterocycles. The van der Waals surface area contributed by atoms with Gasteiger partial charge in [-0.15, -0.1) is 0 Å². The van der Waals surface area contributed by atoms with E-state index in [1.165, 1.54) is 161 Å². The highest BCUT2D eigenvalue weighted by Gasteiger charge is 2.21. The third-order valence-electron chi connectivity index (χ3n) is 8.52. The largest absolute Gasteiger partial charge is 0.462 e. The molecular formula is C36H72O2. The number of esters is 1. The molecule has 0 aromatic heterocycles. The third kappa shape index (κ3) is 25.7. The molecule has 0 N–H and O–H groups in total. The Morgan fingerprint density at radius 3 is 1.03 bits per heavy atom. The van der Waals surface area contributed by atoms with Crippen LogP contribution in [0.25, 0.3) is 0 Å². The second-order valence-corrected chi connectivity index (χ2v) is 12.3. The molecule has 0 rings (SSSR count). The Bertz CT molecular complexity index is 460. The smallest absolute Gasteiger partial charge is 0.309 e. The van der Waals surface area contributed by atoms with E-state index in [0.29, 0.717) is 0 Å². The average molecular weight is 537 g/mol. The van der Waals surface area contributed by atoms with Gasteiger partial charge >= 0.3 is 5.97 Å². The van der Waals surface area contributed by atoms with Crippen molar-refractivity contribution in [2.75, 3.05) is 0 Å². The quantitative estimate of drug-likeness (QED) is 0.0650. The lowest BCUT2D eigenvalue weighted by molar-refractivity contribution is -0.155. The second kappa shape index (κ2) is 31.0. The highest BCUT2D eigenvalue weighted by atomic mass is 16.5. The van der Waals surface area contributed by atoms with Gasteiger partial charge in [-0.25, -0.2) is 0 Å². The molecule has 0 saturated heterocycles. The minimum Gasteiger partial charge on any atom is -0.462 e. The Morgan fingerprint density at radius 2 is 0.711 bits per heavy atom. The lowest BCUT2D eigenvalue weighted by Gasteiger charge is -2.22. The molecular weight excluding hydrogens is 464 g/mol. The highest BCUT2D eigenvalue weighted by molar-refractivity contribution is 5.72. The zero-order valence-electron chi connectivity index (χ0n) is 27.0. The molecule has 0 aliphatic heterocycles. The first-order chi connectivity index (χ1) is 18.7. The van der Waals surface area contributed by atoms with Crippen molar-refractivity contribution in [2.45, 2.75) is 220 Å². The van der Waals surface area contributed by atoms with Crippen molar-refractivity contribution >= 4 is 5.97 Å². The fourth-order valence-electron chi connectivity index (χ4n) is 5.72. The normalized spacial score (nSPS) is 13.1. The first-order valence-corrected chi connectivity index (χ1v) is 17.9. The Labute approximate surface area is 241 Å². The van der Waals surface area contributed by atoms with Crippen molar-refractivity contribution in [2.24, 2.45) is 5.92 Å². The molecule has 0 amide bonds. The molecule has 0 saturated carbocycles. The molecule has 0 spiro atoms. The van der Waals surface area contributed by atoms with Crippen LogP contribution in [-0.4, -0.2) is 12.1 Å². The topological polar surface area (TPSA) is 26.3 Å². The zero-order valence-corrected chi connectivity index (χ0v) is 27.0. The van der Waals surface area contributed by atoms with E-state index in [0.717, 1.165) is 25.7 Å². The Hall–Kier alpha value is -0.530. The Morgan fingerprint density at radius 1 is 0.421 bits per heavy atom. The van der Waals surface area contributed by atoms with E-state index in [4.69, 9.17) is 4.74 Å². The first kappa shape index (κ1) is 37.5. The van der Waals surface area contributed by atoms with Gasteiger partial charge in [0.2, 0.25) is 0 Å². The second-order valence-electron chi connectivity index (χ2n) is 12.3. The van der Waals surface area contributed by atoms with E-state index in [-0.39, 0.29) is 18.0 Å². The van der Waals surface area contributed by atoms with E-state index < -0.39 is 0 Å². The van der Waals surface area contributed by atoms with Gasteiger partial charge in [0.15, 0.2) is 0 Å². The van der Waals surface area contributed by atoms with Crippen LogP contribution in [0.3, 0.4) is 0 Å². The number of ether oxygens (including phenoxy) is 1. The third-order valence-corrected chi connectivity index (χ3v) is 8.52.